The summed E-state index contributed by atoms with van der Waals surface area (Å²) in [7, 11) is -2.79. The lowest BCUT2D eigenvalue weighted by Crippen LogP contribution is -2.14. The molecular formula is C23H15Br2N3O7S. The number of ether oxygens (including phenoxy) is 1. The van der Waals surface area contributed by atoms with Crippen LogP contribution in [0.5, 0.6) is 11.5 Å². The molecule has 0 aromatic heterocycles. The molecule has 10 nitrogen and oxygen atoms in total. The van der Waals surface area contributed by atoms with E-state index in [9.17, 15) is 28.6 Å². The number of non-ortho nitro benzene ring substituents is 1. The van der Waals surface area contributed by atoms with E-state index in [2.05, 4.69) is 37.2 Å². The van der Waals surface area contributed by atoms with Gasteiger partial charge in [-0.25, -0.2) is 0 Å². The number of rotatable bonds is 8. The molecule has 0 radical (unpaired) electrons. The molecule has 0 fully saturated rings. The third-order valence-corrected chi connectivity index (χ3v) is 6.98. The van der Waals surface area contributed by atoms with Crippen LogP contribution in [0.3, 0.4) is 0 Å². The average Bonchev–Trinajstić information content (AvgIpc) is 2.85. The molecule has 1 N–H and O–H groups in total. The maximum absolute atomic E-state index is 12.7. The van der Waals surface area contributed by atoms with E-state index in [1.54, 1.807) is 24.3 Å². The van der Waals surface area contributed by atoms with E-state index in [4.69, 9.17) is 8.92 Å². The van der Waals surface area contributed by atoms with Gasteiger partial charge in [0, 0.05) is 12.1 Å². The van der Waals surface area contributed by atoms with Gasteiger partial charge < -0.3 is 14.2 Å². The zero-order valence-electron chi connectivity index (χ0n) is 18.3. The van der Waals surface area contributed by atoms with E-state index < -0.39 is 20.9 Å². The van der Waals surface area contributed by atoms with Gasteiger partial charge in [0.25, 0.3) is 11.6 Å². The Hall–Kier alpha value is -3.73. The molecule has 0 aliphatic heterocycles. The van der Waals surface area contributed by atoms with E-state index in [0.717, 1.165) is 6.07 Å². The fourth-order valence-electron chi connectivity index (χ4n) is 2.90. The highest BCUT2D eigenvalue weighted by Gasteiger charge is 2.21. The van der Waals surface area contributed by atoms with Crippen LogP contribution in [-0.2, 0) is 14.9 Å². The Kier molecular flexibility index (Phi) is 8.46. The SMILES string of the molecule is COc1ccc([N+](=O)[O-])cc1NC(=O)/C(C#N)=C/c1cc(Br)c(OS(=O)(=O)c2ccccc2)c(Br)c1. The maximum Gasteiger partial charge on any atom is 0.339 e. The summed E-state index contributed by atoms with van der Waals surface area (Å²) in [5.74, 6) is -0.700. The molecule has 0 heterocycles. The summed E-state index contributed by atoms with van der Waals surface area (Å²) in [6, 6.07) is 15.9. The van der Waals surface area contributed by atoms with Crippen molar-refractivity contribution in [2.45, 2.75) is 4.90 Å². The van der Waals surface area contributed by atoms with Crippen molar-refractivity contribution in [2.24, 2.45) is 0 Å². The van der Waals surface area contributed by atoms with Crippen molar-refractivity contribution in [3.8, 4) is 17.6 Å². The van der Waals surface area contributed by atoms with Gasteiger partial charge in [-0.1, -0.05) is 18.2 Å². The molecule has 0 saturated carbocycles. The third-order valence-electron chi connectivity index (χ3n) is 4.56. The molecule has 0 saturated heterocycles. The second-order valence-electron chi connectivity index (χ2n) is 6.93. The molecule has 0 spiro atoms. The molecule has 0 unspecified atom stereocenters. The largest absolute Gasteiger partial charge is 0.495 e. The number of carbonyl (C=O) groups excluding carboxylic acids is 1. The zero-order valence-corrected chi connectivity index (χ0v) is 22.3. The first-order valence-corrected chi connectivity index (χ1v) is 12.8. The summed E-state index contributed by atoms with van der Waals surface area (Å²) in [5.41, 5.74) is -0.235. The zero-order chi connectivity index (χ0) is 26.5. The Morgan fingerprint density at radius 3 is 2.31 bits per heavy atom. The predicted molar refractivity (Wildman–Crippen MR) is 138 cm³/mol. The molecule has 184 valence electrons. The van der Waals surface area contributed by atoms with E-state index in [1.807, 2.05) is 0 Å². The Morgan fingerprint density at radius 1 is 1.11 bits per heavy atom. The van der Waals surface area contributed by atoms with Gasteiger partial charge in [-0.05, 0) is 73.8 Å². The summed E-state index contributed by atoms with van der Waals surface area (Å²) in [6.07, 6.45) is 1.25. The lowest BCUT2D eigenvalue weighted by atomic mass is 10.1. The first-order chi connectivity index (χ1) is 17.1. The van der Waals surface area contributed by atoms with Crippen molar-refractivity contribution in [3.05, 3.63) is 90.9 Å². The minimum Gasteiger partial charge on any atom is -0.495 e. The first-order valence-electron chi connectivity index (χ1n) is 9.80. The number of halogens is 2. The number of nitrogens with one attached hydrogen (secondary N) is 1. The van der Waals surface area contributed by atoms with E-state index in [0.29, 0.717) is 5.56 Å². The Balaban J connectivity index is 1.89. The Labute approximate surface area is 222 Å². The number of methoxy groups -OCH3 is 1. The standard InChI is InChI=1S/C23H15Br2N3O7S/c1-34-21-8-7-16(28(30)31)12-20(21)27-23(29)15(13-26)9-14-10-18(24)22(19(25)11-14)35-36(32,33)17-5-3-2-4-6-17/h2-12H,1H3,(H,27,29)/b15-9+. The summed E-state index contributed by atoms with van der Waals surface area (Å²) >= 11 is 6.51. The number of hydrogen-bond acceptors (Lipinski definition) is 8. The highest BCUT2D eigenvalue weighted by Crippen LogP contribution is 2.37. The molecule has 36 heavy (non-hydrogen) atoms. The van der Waals surface area contributed by atoms with Gasteiger partial charge in [-0.3, -0.25) is 14.9 Å². The number of nitriles is 1. The summed E-state index contributed by atoms with van der Waals surface area (Å²) < 4.78 is 36.0. The van der Waals surface area contributed by atoms with Gasteiger partial charge >= 0.3 is 10.1 Å². The lowest BCUT2D eigenvalue weighted by Gasteiger charge is -2.12. The van der Waals surface area contributed by atoms with Crippen molar-refractivity contribution in [2.75, 3.05) is 12.4 Å². The van der Waals surface area contributed by atoms with E-state index >= 15 is 0 Å². The van der Waals surface area contributed by atoms with Crippen LogP contribution >= 0.6 is 31.9 Å². The van der Waals surface area contributed by atoms with Gasteiger partial charge in [0.2, 0.25) is 0 Å². The van der Waals surface area contributed by atoms with Crippen LogP contribution in [0.4, 0.5) is 11.4 Å². The molecule has 3 aromatic rings. The fraction of sp³-hybridized carbons (Fsp3) is 0.0435. The van der Waals surface area contributed by atoms with Gasteiger partial charge in [0.15, 0.2) is 5.75 Å². The molecule has 0 aliphatic carbocycles. The van der Waals surface area contributed by atoms with Crippen LogP contribution in [0.2, 0.25) is 0 Å². The van der Waals surface area contributed by atoms with Crippen LogP contribution in [0.1, 0.15) is 5.56 Å². The molecule has 0 bridgehead atoms. The minimum atomic E-state index is -4.11. The number of nitrogens with zero attached hydrogens (tertiary/aromatic N) is 2. The summed E-state index contributed by atoms with van der Waals surface area (Å²) in [5, 5.41) is 23.0. The van der Waals surface area contributed by atoms with Gasteiger partial charge in [0.05, 0.1) is 26.7 Å². The van der Waals surface area contributed by atoms with Crippen molar-refractivity contribution >= 4 is 65.3 Å². The Bertz CT molecular complexity index is 1500. The average molecular weight is 637 g/mol. The summed E-state index contributed by atoms with van der Waals surface area (Å²) in [4.78, 5) is 23.1. The van der Waals surface area contributed by atoms with Crippen molar-refractivity contribution in [3.63, 3.8) is 0 Å². The fourth-order valence-corrected chi connectivity index (χ4v) is 5.48. The van der Waals surface area contributed by atoms with Crippen LogP contribution < -0.4 is 14.2 Å². The minimum absolute atomic E-state index is 0.00933. The van der Waals surface area contributed by atoms with Gasteiger partial charge in [0.1, 0.15) is 22.3 Å². The van der Waals surface area contributed by atoms with Gasteiger partial charge in [-0.15, -0.1) is 0 Å². The monoisotopic (exact) mass is 635 g/mol. The maximum atomic E-state index is 12.7. The highest BCUT2D eigenvalue weighted by atomic mass is 79.9. The molecule has 1 amide bonds. The number of amides is 1. The molecule has 13 heteroatoms. The first kappa shape index (κ1) is 26.9. The number of benzene rings is 3. The Morgan fingerprint density at radius 2 is 1.75 bits per heavy atom. The smallest absolute Gasteiger partial charge is 0.339 e. The highest BCUT2D eigenvalue weighted by molar-refractivity contribution is 9.11. The molecule has 0 aliphatic rings. The van der Waals surface area contributed by atoms with E-state index in [1.165, 1.54) is 49.6 Å². The molecule has 3 aromatic carbocycles. The number of nitro benzene ring substituents is 1. The second kappa shape index (κ2) is 11.3. The van der Waals surface area contributed by atoms with Crippen LogP contribution in [0.15, 0.2) is 80.1 Å². The third kappa shape index (κ3) is 6.28. The quantitative estimate of drug-likeness (QED) is 0.113. The number of carbonyl (C=O) groups is 1. The topological polar surface area (TPSA) is 149 Å². The number of nitro groups is 1. The van der Waals surface area contributed by atoms with Crippen molar-refractivity contribution < 1.29 is 27.1 Å². The van der Waals surface area contributed by atoms with Crippen LogP contribution in [-0.4, -0.2) is 26.4 Å². The summed E-state index contributed by atoms with van der Waals surface area (Å²) in [6.45, 7) is 0. The number of anilines is 1. The normalized spacial score (nSPS) is 11.3. The molecular weight excluding hydrogens is 622 g/mol. The van der Waals surface area contributed by atoms with E-state index in [-0.39, 0.29) is 42.3 Å². The van der Waals surface area contributed by atoms with Crippen molar-refractivity contribution in [1.82, 2.24) is 0 Å². The van der Waals surface area contributed by atoms with Crippen LogP contribution in [0, 0.1) is 21.4 Å². The van der Waals surface area contributed by atoms with Gasteiger partial charge in [-0.2, -0.15) is 13.7 Å². The molecule has 3 rings (SSSR count). The number of hydrogen-bond donors (Lipinski definition) is 1. The van der Waals surface area contributed by atoms with Crippen molar-refractivity contribution in [1.29, 1.82) is 5.26 Å². The predicted octanol–water partition coefficient (Wildman–Crippen LogP) is 5.44. The van der Waals surface area contributed by atoms with Crippen LogP contribution in [0.25, 0.3) is 6.08 Å². The lowest BCUT2D eigenvalue weighted by molar-refractivity contribution is -0.384. The second-order valence-corrected chi connectivity index (χ2v) is 10.2. The molecule has 0 atom stereocenters.